The van der Waals surface area contributed by atoms with E-state index < -0.39 is 5.79 Å². The van der Waals surface area contributed by atoms with E-state index in [1.165, 1.54) is 0 Å². The van der Waals surface area contributed by atoms with Crippen LogP contribution in [0.1, 0.15) is 12.8 Å². The summed E-state index contributed by atoms with van der Waals surface area (Å²) in [7, 11) is 0. The van der Waals surface area contributed by atoms with Crippen molar-refractivity contribution in [2.24, 2.45) is 11.8 Å². The Labute approximate surface area is 58.9 Å². The minimum Gasteiger partial charge on any atom is -0.363 e. The highest BCUT2D eigenvalue weighted by atomic mass is 16.8. The summed E-state index contributed by atoms with van der Waals surface area (Å²) in [4.78, 5) is 0. The smallest absolute Gasteiger partial charge is 0.195 e. The third kappa shape index (κ3) is 0.516. The van der Waals surface area contributed by atoms with Crippen molar-refractivity contribution in [3.63, 3.8) is 0 Å². The molecule has 10 heavy (non-hydrogen) atoms. The van der Waals surface area contributed by atoms with E-state index in [-0.39, 0.29) is 6.29 Å². The Morgan fingerprint density at radius 2 is 2.30 bits per heavy atom. The highest BCUT2D eigenvalue weighted by Crippen LogP contribution is 2.56. The molecule has 0 radical (unpaired) electrons. The molecule has 0 amide bonds. The van der Waals surface area contributed by atoms with E-state index in [0.717, 1.165) is 12.8 Å². The molecule has 3 aliphatic rings. The van der Waals surface area contributed by atoms with Gasteiger partial charge in [0.05, 0.1) is 0 Å². The van der Waals surface area contributed by atoms with E-state index in [2.05, 4.69) is 0 Å². The van der Waals surface area contributed by atoms with Gasteiger partial charge in [-0.1, -0.05) is 0 Å². The Bertz CT molecular complexity index is 182. The van der Waals surface area contributed by atoms with Crippen LogP contribution in [0.4, 0.5) is 0 Å². The van der Waals surface area contributed by atoms with Gasteiger partial charge in [0.25, 0.3) is 0 Å². The first-order valence-corrected chi connectivity index (χ1v) is 3.80. The lowest BCUT2D eigenvalue weighted by molar-refractivity contribution is -0.225. The van der Waals surface area contributed by atoms with E-state index >= 15 is 0 Å². The number of hydrogen-bond donors (Lipinski definition) is 1. The Morgan fingerprint density at radius 1 is 1.40 bits per heavy atom. The maximum absolute atomic E-state index is 9.68. The zero-order valence-corrected chi connectivity index (χ0v) is 5.62. The molecule has 2 saturated heterocycles. The van der Waals surface area contributed by atoms with Crippen LogP contribution in [-0.4, -0.2) is 23.8 Å². The fraction of sp³-hybridized carbons (Fsp3) is 1.00. The van der Waals surface area contributed by atoms with Gasteiger partial charge in [0, 0.05) is 12.3 Å². The second-order valence-electron chi connectivity index (χ2n) is 3.54. The minimum absolute atomic E-state index is 0.103. The van der Waals surface area contributed by atoms with Gasteiger partial charge in [-0.25, -0.2) is 0 Å². The van der Waals surface area contributed by atoms with Gasteiger partial charge in [-0.2, -0.15) is 0 Å². The molecule has 1 saturated carbocycles. The lowest BCUT2D eigenvalue weighted by Gasteiger charge is -2.24. The van der Waals surface area contributed by atoms with Gasteiger partial charge >= 0.3 is 0 Å². The SMILES string of the molecule is OC12COC(CC3CC31)O2. The average Bonchev–Trinajstić information content (AvgIpc) is 2.57. The van der Waals surface area contributed by atoms with Crippen LogP contribution < -0.4 is 0 Å². The quantitative estimate of drug-likeness (QED) is 0.521. The van der Waals surface area contributed by atoms with Gasteiger partial charge in [0.1, 0.15) is 6.61 Å². The Kier molecular flexibility index (Phi) is 0.770. The van der Waals surface area contributed by atoms with Crippen LogP contribution >= 0.6 is 0 Å². The molecule has 2 aliphatic heterocycles. The monoisotopic (exact) mass is 142 g/mol. The van der Waals surface area contributed by atoms with Crippen molar-refractivity contribution >= 4 is 0 Å². The molecule has 3 heteroatoms. The molecule has 1 N–H and O–H groups in total. The third-order valence-electron chi connectivity index (χ3n) is 2.81. The summed E-state index contributed by atoms with van der Waals surface area (Å²) < 4.78 is 10.5. The molecule has 1 aliphatic carbocycles. The topological polar surface area (TPSA) is 38.7 Å². The molecular formula is C7H10O3. The van der Waals surface area contributed by atoms with E-state index in [4.69, 9.17) is 9.47 Å². The molecule has 4 unspecified atom stereocenters. The second-order valence-corrected chi connectivity index (χ2v) is 3.54. The van der Waals surface area contributed by atoms with Gasteiger partial charge in [-0.3, -0.25) is 0 Å². The predicted octanol–water partition coefficient (Wildman–Crippen LogP) is 0.0877. The molecule has 3 rings (SSSR count). The van der Waals surface area contributed by atoms with Crippen molar-refractivity contribution < 1.29 is 14.6 Å². The van der Waals surface area contributed by atoms with Crippen LogP contribution in [-0.2, 0) is 9.47 Å². The largest absolute Gasteiger partial charge is 0.363 e. The van der Waals surface area contributed by atoms with Gasteiger partial charge in [-0.15, -0.1) is 0 Å². The van der Waals surface area contributed by atoms with Crippen molar-refractivity contribution in [1.29, 1.82) is 0 Å². The third-order valence-corrected chi connectivity index (χ3v) is 2.81. The van der Waals surface area contributed by atoms with Crippen LogP contribution in [0, 0.1) is 11.8 Å². The van der Waals surface area contributed by atoms with Gasteiger partial charge in [0.2, 0.25) is 0 Å². The maximum atomic E-state index is 9.68. The number of aliphatic hydroxyl groups is 1. The number of ether oxygens (including phenoxy) is 2. The summed E-state index contributed by atoms with van der Waals surface area (Å²) in [5, 5.41) is 9.68. The predicted molar refractivity (Wildman–Crippen MR) is 32.0 cm³/mol. The number of fused-ring (bicyclic) bond motifs is 4. The minimum atomic E-state index is -0.895. The molecule has 2 bridgehead atoms. The Morgan fingerprint density at radius 3 is 3.20 bits per heavy atom. The zero-order chi connectivity index (χ0) is 6.77. The molecular weight excluding hydrogens is 132 g/mol. The lowest BCUT2D eigenvalue weighted by Crippen LogP contribution is -2.37. The maximum Gasteiger partial charge on any atom is 0.195 e. The summed E-state index contributed by atoms with van der Waals surface area (Å²) in [5.74, 6) is 0.172. The summed E-state index contributed by atoms with van der Waals surface area (Å²) in [6.45, 7) is 0.388. The molecule has 4 atom stereocenters. The van der Waals surface area contributed by atoms with Crippen molar-refractivity contribution in [1.82, 2.24) is 0 Å². The van der Waals surface area contributed by atoms with Crippen LogP contribution in [0.3, 0.4) is 0 Å². The van der Waals surface area contributed by atoms with Gasteiger partial charge in [-0.05, 0) is 12.3 Å². The molecule has 56 valence electrons. The van der Waals surface area contributed by atoms with Crippen LogP contribution in [0.15, 0.2) is 0 Å². The van der Waals surface area contributed by atoms with Crippen molar-refractivity contribution in [3.05, 3.63) is 0 Å². The van der Waals surface area contributed by atoms with Crippen LogP contribution in [0.5, 0.6) is 0 Å². The highest BCUT2D eigenvalue weighted by Gasteiger charge is 2.62. The normalized spacial score (nSPS) is 63.9. The second kappa shape index (κ2) is 1.40. The molecule has 3 fully saturated rings. The first kappa shape index (κ1) is 5.52. The molecule has 2 heterocycles. The summed E-state index contributed by atoms with van der Waals surface area (Å²) in [6.07, 6.45) is 2.03. The van der Waals surface area contributed by atoms with Crippen molar-refractivity contribution in [3.8, 4) is 0 Å². The molecule has 0 aromatic rings. The van der Waals surface area contributed by atoms with Crippen molar-refractivity contribution in [2.45, 2.75) is 24.9 Å². The fourth-order valence-corrected chi connectivity index (χ4v) is 2.13. The van der Waals surface area contributed by atoms with E-state index in [1.54, 1.807) is 0 Å². The van der Waals surface area contributed by atoms with Crippen LogP contribution in [0.2, 0.25) is 0 Å². The van der Waals surface area contributed by atoms with E-state index in [9.17, 15) is 5.11 Å². The molecule has 3 nitrogen and oxygen atoms in total. The van der Waals surface area contributed by atoms with Crippen LogP contribution in [0.25, 0.3) is 0 Å². The van der Waals surface area contributed by atoms with E-state index in [1.807, 2.05) is 0 Å². The van der Waals surface area contributed by atoms with Gasteiger partial charge in [0.15, 0.2) is 12.1 Å². The zero-order valence-electron chi connectivity index (χ0n) is 5.62. The summed E-state index contributed by atoms with van der Waals surface area (Å²) >= 11 is 0. The molecule has 0 aromatic carbocycles. The Balaban J connectivity index is 1.96. The average molecular weight is 142 g/mol. The standard InChI is InChI=1S/C7H10O3/c8-7-3-9-6(10-7)2-4-1-5(4)7/h4-6,8H,1-3H2. The summed E-state index contributed by atoms with van der Waals surface area (Å²) in [5.41, 5.74) is 0. The molecule has 0 spiro atoms. The van der Waals surface area contributed by atoms with E-state index in [0.29, 0.717) is 18.4 Å². The first-order chi connectivity index (χ1) is 4.78. The first-order valence-electron chi connectivity index (χ1n) is 3.80. The lowest BCUT2D eigenvalue weighted by atomic mass is 10.1. The van der Waals surface area contributed by atoms with Crippen molar-refractivity contribution in [2.75, 3.05) is 6.61 Å². The molecule has 0 aromatic heterocycles. The highest BCUT2D eigenvalue weighted by molar-refractivity contribution is 5.02. The fourth-order valence-electron chi connectivity index (χ4n) is 2.13. The van der Waals surface area contributed by atoms with Gasteiger partial charge < -0.3 is 14.6 Å². The number of hydrogen-bond acceptors (Lipinski definition) is 3. The number of rotatable bonds is 0. The Hall–Kier alpha value is -0.120. The summed E-state index contributed by atoms with van der Waals surface area (Å²) in [6, 6.07) is 0.